The molecule has 0 aromatic carbocycles. The zero-order chi connectivity index (χ0) is 10.0. The Hall–Kier alpha value is -0.0800. The third-order valence-electron chi connectivity index (χ3n) is 3.57. The molecule has 0 aliphatic carbocycles. The predicted octanol–water partition coefficient (Wildman–Crippen LogP) is 1.81. The van der Waals surface area contributed by atoms with E-state index in [0.717, 1.165) is 12.1 Å². The average Bonchev–Trinajstić information content (AvgIpc) is 2.36. The van der Waals surface area contributed by atoms with Crippen LogP contribution in [0, 0.1) is 0 Å². The molecule has 1 aliphatic rings. The third kappa shape index (κ3) is 2.68. The van der Waals surface area contributed by atoms with Gasteiger partial charge in [0.1, 0.15) is 0 Å². The van der Waals surface area contributed by atoms with Gasteiger partial charge in [0.05, 0.1) is 0 Å². The van der Waals surface area contributed by atoms with Crippen molar-refractivity contribution in [2.24, 2.45) is 0 Å². The van der Waals surface area contributed by atoms with Crippen molar-refractivity contribution in [3.63, 3.8) is 0 Å². The van der Waals surface area contributed by atoms with Gasteiger partial charge in [0.25, 0.3) is 0 Å². The lowest BCUT2D eigenvalue weighted by molar-refractivity contribution is 0.172. The minimum Gasteiger partial charge on any atom is -0.302 e. The molecule has 0 saturated carbocycles. The summed E-state index contributed by atoms with van der Waals surface area (Å²) in [6.45, 7) is 8.07. The summed E-state index contributed by atoms with van der Waals surface area (Å²) < 4.78 is 0. The first kappa shape index (κ1) is 11.0. The molecule has 0 radical (unpaired) electrons. The molecule has 1 heterocycles. The fourth-order valence-corrected chi connectivity index (χ4v) is 1.96. The van der Waals surface area contributed by atoms with Crippen molar-refractivity contribution in [3.8, 4) is 0 Å². The Morgan fingerprint density at radius 3 is 2.38 bits per heavy atom. The van der Waals surface area contributed by atoms with Crippen molar-refractivity contribution >= 4 is 0 Å². The summed E-state index contributed by atoms with van der Waals surface area (Å²) in [5, 5.41) is 0. The lowest BCUT2D eigenvalue weighted by Gasteiger charge is -2.29. The van der Waals surface area contributed by atoms with Gasteiger partial charge in [0, 0.05) is 24.7 Å². The van der Waals surface area contributed by atoms with Gasteiger partial charge in [-0.3, -0.25) is 4.90 Å². The topological polar surface area (TPSA) is 6.48 Å². The Morgan fingerprint density at radius 1 is 1.38 bits per heavy atom. The molecule has 0 aromatic rings. The molecule has 2 nitrogen and oxygen atoms in total. The summed E-state index contributed by atoms with van der Waals surface area (Å²) in [5.74, 6) is 0. The number of hydrogen-bond acceptors (Lipinski definition) is 2. The van der Waals surface area contributed by atoms with E-state index in [1.165, 1.54) is 19.4 Å². The number of rotatable bonds is 3. The fraction of sp³-hybridized carbons (Fsp3) is 1.00. The van der Waals surface area contributed by atoms with E-state index in [1.807, 2.05) is 0 Å². The van der Waals surface area contributed by atoms with E-state index in [2.05, 4.69) is 44.7 Å². The Balaban J connectivity index is 2.37. The first-order chi connectivity index (χ1) is 6.02. The van der Waals surface area contributed by atoms with Gasteiger partial charge in [-0.25, -0.2) is 0 Å². The van der Waals surface area contributed by atoms with Crippen LogP contribution in [-0.4, -0.2) is 48.6 Å². The zero-order valence-electron chi connectivity index (χ0n) is 9.75. The third-order valence-corrected chi connectivity index (χ3v) is 3.57. The summed E-state index contributed by atoms with van der Waals surface area (Å²) in [5.41, 5.74) is 0. The van der Waals surface area contributed by atoms with Gasteiger partial charge in [-0.2, -0.15) is 0 Å². The van der Waals surface area contributed by atoms with Gasteiger partial charge in [0.2, 0.25) is 0 Å². The fourth-order valence-electron chi connectivity index (χ4n) is 1.96. The van der Waals surface area contributed by atoms with E-state index in [9.17, 15) is 0 Å². The van der Waals surface area contributed by atoms with Crippen LogP contribution < -0.4 is 0 Å². The Morgan fingerprint density at radius 2 is 2.00 bits per heavy atom. The molecule has 0 N–H and O–H groups in total. The van der Waals surface area contributed by atoms with Crippen LogP contribution in [0.4, 0.5) is 0 Å². The van der Waals surface area contributed by atoms with E-state index in [1.54, 1.807) is 0 Å². The molecular weight excluding hydrogens is 160 g/mol. The van der Waals surface area contributed by atoms with Crippen molar-refractivity contribution in [3.05, 3.63) is 0 Å². The maximum Gasteiger partial charge on any atom is 0.0223 e. The molecule has 0 bridgehead atoms. The minimum atomic E-state index is 0.671. The Bertz CT molecular complexity index is 156. The number of likely N-dealkylation sites (tertiary alicyclic amines) is 1. The van der Waals surface area contributed by atoms with Crippen LogP contribution in [-0.2, 0) is 0 Å². The van der Waals surface area contributed by atoms with Gasteiger partial charge in [-0.05, 0) is 47.7 Å². The lowest BCUT2D eigenvalue weighted by atomic mass is 10.2. The highest BCUT2D eigenvalue weighted by Gasteiger charge is 2.28. The molecule has 2 heteroatoms. The van der Waals surface area contributed by atoms with Crippen molar-refractivity contribution < 1.29 is 0 Å². The zero-order valence-corrected chi connectivity index (χ0v) is 9.75. The van der Waals surface area contributed by atoms with Crippen molar-refractivity contribution in [1.29, 1.82) is 0 Å². The normalized spacial score (nSPS) is 30.7. The summed E-state index contributed by atoms with van der Waals surface area (Å²) in [6, 6.07) is 2.23. The van der Waals surface area contributed by atoms with Crippen LogP contribution in [0.15, 0.2) is 0 Å². The van der Waals surface area contributed by atoms with E-state index in [0.29, 0.717) is 6.04 Å². The van der Waals surface area contributed by atoms with Gasteiger partial charge in [-0.1, -0.05) is 0 Å². The van der Waals surface area contributed by atoms with E-state index in [-0.39, 0.29) is 0 Å². The van der Waals surface area contributed by atoms with Gasteiger partial charge >= 0.3 is 0 Å². The van der Waals surface area contributed by atoms with E-state index < -0.39 is 0 Å². The van der Waals surface area contributed by atoms with Gasteiger partial charge in [-0.15, -0.1) is 0 Å². The van der Waals surface area contributed by atoms with Gasteiger partial charge < -0.3 is 4.90 Å². The highest BCUT2D eigenvalue weighted by molar-refractivity contribution is 4.84. The smallest absolute Gasteiger partial charge is 0.0223 e. The molecule has 1 aliphatic heterocycles. The highest BCUT2D eigenvalue weighted by Crippen LogP contribution is 2.22. The van der Waals surface area contributed by atoms with Crippen LogP contribution >= 0.6 is 0 Å². The molecule has 0 aromatic heterocycles. The lowest BCUT2D eigenvalue weighted by Crippen LogP contribution is -2.41. The van der Waals surface area contributed by atoms with Crippen molar-refractivity contribution in [1.82, 2.24) is 9.80 Å². The number of nitrogens with zero attached hydrogens (tertiary/aromatic N) is 2. The first-order valence-corrected chi connectivity index (χ1v) is 5.44. The van der Waals surface area contributed by atoms with Crippen molar-refractivity contribution in [2.75, 3.05) is 20.6 Å². The summed E-state index contributed by atoms with van der Waals surface area (Å²) >= 11 is 0. The standard InChI is InChI=1S/C11H24N2/c1-9(2)12(4)8-11-7-6-10(3)13(11)5/h9-11H,6-8H2,1-5H3. The molecule has 1 fully saturated rings. The molecule has 78 valence electrons. The Kier molecular flexibility index (Phi) is 3.74. The molecule has 2 unspecified atom stereocenters. The largest absolute Gasteiger partial charge is 0.302 e. The van der Waals surface area contributed by atoms with Crippen LogP contribution in [0.1, 0.15) is 33.6 Å². The average molecular weight is 184 g/mol. The molecule has 0 spiro atoms. The predicted molar refractivity (Wildman–Crippen MR) is 58.0 cm³/mol. The molecule has 1 saturated heterocycles. The van der Waals surface area contributed by atoms with Crippen LogP contribution in [0.5, 0.6) is 0 Å². The number of hydrogen-bond donors (Lipinski definition) is 0. The molecular formula is C11H24N2. The maximum absolute atomic E-state index is 2.53. The van der Waals surface area contributed by atoms with E-state index >= 15 is 0 Å². The summed E-state index contributed by atoms with van der Waals surface area (Å²) in [4.78, 5) is 4.97. The molecule has 13 heavy (non-hydrogen) atoms. The number of likely N-dealkylation sites (N-methyl/N-ethyl adjacent to an activating group) is 2. The Labute approximate surface area is 82.9 Å². The van der Waals surface area contributed by atoms with Crippen LogP contribution in [0.2, 0.25) is 0 Å². The summed E-state index contributed by atoms with van der Waals surface area (Å²) in [6.07, 6.45) is 2.74. The highest BCUT2D eigenvalue weighted by atomic mass is 15.2. The molecule has 2 atom stereocenters. The minimum absolute atomic E-state index is 0.671. The molecule has 0 amide bonds. The van der Waals surface area contributed by atoms with Crippen molar-refractivity contribution in [2.45, 2.75) is 51.7 Å². The quantitative estimate of drug-likeness (QED) is 0.660. The van der Waals surface area contributed by atoms with E-state index in [4.69, 9.17) is 0 Å². The first-order valence-electron chi connectivity index (χ1n) is 5.44. The summed E-state index contributed by atoms with van der Waals surface area (Å²) in [7, 11) is 4.48. The second-order valence-corrected chi connectivity index (χ2v) is 4.78. The maximum atomic E-state index is 2.53. The second kappa shape index (κ2) is 4.43. The van der Waals surface area contributed by atoms with Gasteiger partial charge in [0.15, 0.2) is 0 Å². The SMILES string of the molecule is CC(C)N(C)CC1CCC(C)N1C. The molecule has 1 rings (SSSR count). The monoisotopic (exact) mass is 184 g/mol. The van der Waals surface area contributed by atoms with Crippen LogP contribution in [0.25, 0.3) is 0 Å². The van der Waals surface area contributed by atoms with Crippen LogP contribution in [0.3, 0.4) is 0 Å². The second-order valence-electron chi connectivity index (χ2n) is 4.78.